The summed E-state index contributed by atoms with van der Waals surface area (Å²) in [7, 11) is 1.37. The van der Waals surface area contributed by atoms with E-state index in [9.17, 15) is 14.0 Å². The molecule has 0 fully saturated rings. The number of rotatable bonds is 5. The van der Waals surface area contributed by atoms with Crippen LogP contribution in [0.3, 0.4) is 0 Å². The number of benzene rings is 2. The molecule has 136 valence electrons. The molecule has 1 heterocycles. The maximum absolute atomic E-state index is 13.7. The molecule has 0 saturated heterocycles. The molecule has 0 spiro atoms. The Morgan fingerprint density at radius 1 is 1.23 bits per heavy atom. The van der Waals surface area contributed by atoms with E-state index in [-0.39, 0.29) is 18.1 Å². The van der Waals surface area contributed by atoms with E-state index in [1.54, 1.807) is 17.9 Å². The van der Waals surface area contributed by atoms with Gasteiger partial charge in [-0.3, -0.25) is 9.59 Å². The summed E-state index contributed by atoms with van der Waals surface area (Å²) < 4.78 is 23.8. The van der Waals surface area contributed by atoms with Gasteiger partial charge in [-0.2, -0.15) is 0 Å². The van der Waals surface area contributed by atoms with Gasteiger partial charge in [0.1, 0.15) is 0 Å². The number of carbonyl (C=O) groups is 2. The Balaban J connectivity index is 1.61. The highest BCUT2D eigenvalue weighted by atomic mass is 19.1. The summed E-state index contributed by atoms with van der Waals surface area (Å²) in [6, 6.07) is 11.9. The molecule has 1 aliphatic rings. The Labute approximate surface area is 151 Å². The van der Waals surface area contributed by atoms with Crippen LogP contribution in [0, 0.1) is 5.82 Å². The van der Waals surface area contributed by atoms with Crippen molar-refractivity contribution in [2.24, 2.45) is 0 Å². The van der Waals surface area contributed by atoms with Gasteiger partial charge in [0.05, 0.1) is 13.5 Å². The Morgan fingerprint density at radius 3 is 2.73 bits per heavy atom. The third-order valence-corrected chi connectivity index (χ3v) is 4.37. The van der Waals surface area contributed by atoms with E-state index >= 15 is 0 Å². The number of anilines is 1. The molecule has 0 aromatic heterocycles. The summed E-state index contributed by atoms with van der Waals surface area (Å²) in [6.07, 6.45) is -0.236. The fraction of sp³-hybridized carbons (Fsp3) is 0.300. The van der Waals surface area contributed by atoms with Crippen LogP contribution in [0.5, 0.6) is 5.75 Å². The minimum atomic E-state index is -0.906. The van der Waals surface area contributed by atoms with Crippen LogP contribution in [0.2, 0.25) is 0 Å². The molecule has 2 aromatic rings. The van der Waals surface area contributed by atoms with Gasteiger partial charge in [-0.25, -0.2) is 4.39 Å². The molecular weight excluding hydrogens is 337 g/mol. The van der Waals surface area contributed by atoms with Crippen LogP contribution in [0.4, 0.5) is 10.1 Å². The normalized spacial score (nSPS) is 13.9. The minimum Gasteiger partial charge on any atom is -0.494 e. The van der Waals surface area contributed by atoms with E-state index < -0.39 is 17.9 Å². The van der Waals surface area contributed by atoms with Gasteiger partial charge in [0.15, 0.2) is 17.7 Å². The van der Waals surface area contributed by atoms with Crippen molar-refractivity contribution in [1.29, 1.82) is 0 Å². The Hall–Kier alpha value is -2.89. The van der Waals surface area contributed by atoms with Gasteiger partial charge in [-0.1, -0.05) is 24.3 Å². The topological polar surface area (TPSA) is 55.8 Å². The van der Waals surface area contributed by atoms with Gasteiger partial charge in [-0.15, -0.1) is 0 Å². The van der Waals surface area contributed by atoms with Crippen LogP contribution in [0.25, 0.3) is 0 Å². The lowest BCUT2D eigenvalue weighted by molar-refractivity contribution is -0.153. The summed E-state index contributed by atoms with van der Waals surface area (Å²) in [5.74, 6) is -1.28. The van der Waals surface area contributed by atoms with Crippen molar-refractivity contribution < 1.29 is 23.5 Å². The van der Waals surface area contributed by atoms with Gasteiger partial charge in [0.25, 0.3) is 5.91 Å². The first-order valence-corrected chi connectivity index (χ1v) is 8.40. The number of ether oxygens (including phenoxy) is 2. The Morgan fingerprint density at radius 2 is 2.00 bits per heavy atom. The van der Waals surface area contributed by atoms with Crippen LogP contribution < -0.4 is 9.64 Å². The Bertz CT molecular complexity index is 836. The predicted molar refractivity (Wildman–Crippen MR) is 94.7 cm³/mol. The van der Waals surface area contributed by atoms with Crippen molar-refractivity contribution in [3.05, 3.63) is 59.4 Å². The number of hydrogen-bond donors (Lipinski definition) is 0. The van der Waals surface area contributed by atoms with Crippen molar-refractivity contribution in [3.8, 4) is 5.75 Å². The SMILES string of the molecule is COc1ccc(CC(=O)O[C@H](C)C(=O)N2CCc3ccccc32)cc1F. The van der Waals surface area contributed by atoms with Gasteiger partial charge in [0.2, 0.25) is 0 Å². The average Bonchev–Trinajstić information content (AvgIpc) is 3.05. The molecule has 0 bridgehead atoms. The third-order valence-electron chi connectivity index (χ3n) is 4.37. The van der Waals surface area contributed by atoms with E-state index in [4.69, 9.17) is 9.47 Å². The number of amides is 1. The first-order valence-electron chi connectivity index (χ1n) is 8.40. The van der Waals surface area contributed by atoms with E-state index in [2.05, 4.69) is 0 Å². The summed E-state index contributed by atoms with van der Waals surface area (Å²) in [6.45, 7) is 2.12. The van der Waals surface area contributed by atoms with Crippen molar-refractivity contribution in [1.82, 2.24) is 0 Å². The van der Waals surface area contributed by atoms with Crippen LogP contribution in [-0.4, -0.2) is 31.6 Å². The number of hydrogen-bond acceptors (Lipinski definition) is 4. The fourth-order valence-corrected chi connectivity index (χ4v) is 3.06. The van der Waals surface area contributed by atoms with E-state index in [0.717, 1.165) is 17.7 Å². The number of para-hydroxylation sites is 1. The quantitative estimate of drug-likeness (QED) is 0.772. The van der Waals surface area contributed by atoms with Gasteiger partial charge < -0.3 is 14.4 Å². The monoisotopic (exact) mass is 357 g/mol. The number of methoxy groups -OCH3 is 1. The first kappa shape index (κ1) is 17.9. The highest BCUT2D eigenvalue weighted by molar-refractivity contribution is 5.99. The summed E-state index contributed by atoms with van der Waals surface area (Å²) in [4.78, 5) is 26.4. The van der Waals surface area contributed by atoms with Crippen molar-refractivity contribution in [3.63, 3.8) is 0 Å². The van der Waals surface area contributed by atoms with Crippen LogP contribution in [0.15, 0.2) is 42.5 Å². The van der Waals surface area contributed by atoms with Gasteiger partial charge >= 0.3 is 5.97 Å². The molecule has 26 heavy (non-hydrogen) atoms. The predicted octanol–water partition coefficient (Wildman–Crippen LogP) is 2.90. The molecule has 6 heteroatoms. The van der Waals surface area contributed by atoms with Crippen LogP contribution in [0.1, 0.15) is 18.1 Å². The zero-order valence-electron chi connectivity index (χ0n) is 14.7. The van der Waals surface area contributed by atoms with Crippen molar-refractivity contribution in [2.45, 2.75) is 25.9 Å². The van der Waals surface area contributed by atoms with Crippen LogP contribution in [-0.2, 0) is 27.2 Å². The maximum atomic E-state index is 13.7. The standard InChI is InChI=1S/C20H20FNO4/c1-13(20(24)22-10-9-15-5-3-4-6-17(15)22)26-19(23)12-14-7-8-18(25-2)16(21)11-14/h3-8,11,13H,9-10,12H2,1-2H3/t13-/m1/s1. The molecule has 0 aliphatic carbocycles. The maximum Gasteiger partial charge on any atom is 0.311 e. The smallest absolute Gasteiger partial charge is 0.311 e. The second-order valence-electron chi connectivity index (χ2n) is 6.15. The zero-order valence-corrected chi connectivity index (χ0v) is 14.7. The van der Waals surface area contributed by atoms with Gasteiger partial charge in [-0.05, 0) is 42.7 Å². The molecule has 0 saturated carbocycles. The van der Waals surface area contributed by atoms with E-state index in [1.807, 2.05) is 24.3 Å². The summed E-state index contributed by atoms with van der Waals surface area (Å²) in [5, 5.41) is 0. The third kappa shape index (κ3) is 3.69. The van der Waals surface area contributed by atoms with E-state index in [1.165, 1.54) is 19.2 Å². The lowest BCUT2D eigenvalue weighted by atomic mass is 10.1. The van der Waals surface area contributed by atoms with E-state index in [0.29, 0.717) is 12.1 Å². The fourth-order valence-electron chi connectivity index (χ4n) is 3.06. The highest BCUT2D eigenvalue weighted by Gasteiger charge is 2.29. The number of nitrogens with zero attached hydrogens (tertiary/aromatic N) is 1. The van der Waals surface area contributed by atoms with Crippen molar-refractivity contribution in [2.75, 3.05) is 18.6 Å². The lowest BCUT2D eigenvalue weighted by Gasteiger charge is -2.21. The molecule has 1 aliphatic heterocycles. The largest absolute Gasteiger partial charge is 0.494 e. The molecular formula is C20H20FNO4. The number of carbonyl (C=O) groups excluding carboxylic acids is 2. The molecule has 3 rings (SSSR count). The second kappa shape index (κ2) is 7.56. The lowest BCUT2D eigenvalue weighted by Crippen LogP contribution is -2.39. The Kier molecular flexibility index (Phi) is 5.21. The zero-order chi connectivity index (χ0) is 18.7. The number of fused-ring (bicyclic) bond motifs is 1. The number of halogens is 1. The van der Waals surface area contributed by atoms with Crippen LogP contribution >= 0.6 is 0 Å². The summed E-state index contributed by atoms with van der Waals surface area (Å²) >= 11 is 0. The average molecular weight is 357 g/mol. The highest BCUT2D eigenvalue weighted by Crippen LogP contribution is 2.28. The molecule has 5 nitrogen and oxygen atoms in total. The molecule has 2 aromatic carbocycles. The summed E-state index contributed by atoms with van der Waals surface area (Å²) in [5.41, 5.74) is 2.42. The number of esters is 1. The van der Waals surface area contributed by atoms with Crippen molar-refractivity contribution >= 4 is 17.6 Å². The first-order chi connectivity index (χ1) is 12.5. The molecule has 0 radical (unpaired) electrons. The van der Waals surface area contributed by atoms with Gasteiger partial charge in [0, 0.05) is 12.2 Å². The molecule has 1 amide bonds. The molecule has 0 unspecified atom stereocenters. The second-order valence-corrected chi connectivity index (χ2v) is 6.15. The molecule has 1 atom stereocenters. The molecule has 0 N–H and O–H groups in total. The minimum absolute atomic E-state index is 0.110.